The van der Waals surface area contributed by atoms with Crippen molar-refractivity contribution >= 4 is 23.3 Å². The Kier molecular flexibility index (Phi) is 3.67. The van der Waals surface area contributed by atoms with Crippen molar-refractivity contribution in [2.45, 2.75) is 12.0 Å². The molecule has 1 aliphatic heterocycles. The normalized spacial score (nSPS) is 21.1. The zero-order chi connectivity index (χ0) is 14.9. The summed E-state index contributed by atoms with van der Waals surface area (Å²) in [5.41, 5.74) is -0.869. The molecule has 1 unspecified atom stereocenters. The number of rotatable bonds is 3. The highest BCUT2D eigenvalue weighted by Gasteiger charge is 2.45. The molecule has 0 bridgehead atoms. The Balaban J connectivity index is 2.36. The predicted molar refractivity (Wildman–Crippen MR) is 70.3 cm³/mol. The fraction of sp³-hybridized carbons (Fsp3) is 0.231. The van der Waals surface area contributed by atoms with Gasteiger partial charge in [0.2, 0.25) is 0 Å². The number of phenolic OH excluding ortho intramolecular Hbond substituents is 1. The Morgan fingerprint density at radius 3 is 3.00 bits per heavy atom. The summed E-state index contributed by atoms with van der Waals surface area (Å²) in [6.45, 7) is 3.52. The number of benzene rings is 1. The first kappa shape index (κ1) is 14.3. The maximum atomic E-state index is 13.2. The van der Waals surface area contributed by atoms with E-state index in [1.807, 2.05) is 0 Å². The van der Waals surface area contributed by atoms with E-state index in [4.69, 9.17) is 16.4 Å². The van der Waals surface area contributed by atoms with Crippen molar-refractivity contribution in [1.29, 1.82) is 0 Å². The molecule has 1 N–H and O–H groups in total. The molecule has 0 radical (unpaired) electrons. The number of hydrogen-bond donors (Lipinski definition) is 1. The molecule has 106 valence electrons. The number of methoxy groups -OCH3 is 1. The molecular weight excluding hydrogens is 289 g/mol. The van der Waals surface area contributed by atoms with Crippen LogP contribution in [0.5, 0.6) is 5.75 Å². The molecule has 0 spiro atoms. The van der Waals surface area contributed by atoms with Gasteiger partial charge in [-0.05, 0) is 18.2 Å². The SMILES string of the molecule is C=CC1(C(=O)OC)CC(c2cc(O)c(F)cc2Cl)=NO1. The van der Waals surface area contributed by atoms with Gasteiger partial charge in [-0.1, -0.05) is 23.3 Å². The highest BCUT2D eigenvalue weighted by Crippen LogP contribution is 2.33. The van der Waals surface area contributed by atoms with Crippen LogP contribution >= 0.6 is 11.6 Å². The third-order valence-corrected chi connectivity index (χ3v) is 3.27. The zero-order valence-corrected chi connectivity index (χ0v) is 11.3. The third kappa shape index (κ3) is 2.22. The fourth-order valence-electron chi connectivity index (χ4n) is 1.83. The summed E-state index contributed by atoms with van der Waals surface area (Å²) in [6, 6.07) is 2.08. The molecule has 1 aromatic rings. The van der Waals surface area contributed by atoms with Gasteiger partial charge in [-0.3, -0.25) is 0 Å². The summed E-state index contributed by atoms with van der Waals surface area (Å²) in [5.74, 6) is -2.07. The Morgan fingerprint density at radius 2 is 2.40 bits per heavy atom. The molecule has 7 heteroatoms. The van der Waals surface area contributed by atoms with Crippen molar-refractivity contribution in [3.63, 3.8) is 0 Å². The van der Waals surface area contributed by atoms with Gasteiger partial charge in [-0.15, -0.1) is 0 Å². The van der Waals surface area contributed by atoms with Crippen LogP contribution in [0.4, 0.5) is 4.39 Å². The van der Waals surface area contributed by atoms with Gasteiger partial charge < -0.3 is 14.7 Å². The van der Waals surface area contributed by atoms with Crippen molar-refractivity contribution in [2.24, 2.45) is 5.16 Å². The average molecular weight is 300 g/mol. The lowest BCUT2D eigenvalue weighted by molar-refractivity contribution is -0.160. The molecule has 2 rings (SSSR count). The largest absolute Gasteiger partial charge is 0.505 e. The highest BCUT2D eigenvalue weighted by molar-refractivity contribution is 6.34. The predicted octanol–water partition coefficient (Wildman–Crippen LogP) is 2.41. The lowest BCUT2D eigenvalue weighted by atomic mass is 9.94. The minimum Gasteiger partial charge on any atom is -0.505 e. The summed E-state index contributed by atoms with van der Waals surface area (Å²) < 4.78 is 17.8. The van der Waals surface area contributed by atoms with E-state index >= 15 is 0 Å². The minimum atomic E-state index is -1.43. The fourth-order valence-corrected chi connectivity index (χ4v) is 2.09. The van der Waals surface area contributed by atoms with E-state index < -0.39 is 23.1 Å². The van der Waals surface area contributed by atoms with Gasteiger partial charge in [0, 0.05) is 5.56 Å². The molecule has 0 saturated carbocycles. The lowest BCUT2D eigenvalue weighted by Crippen LogP contribution is -2.37. The highest BCUT2D eigenvalue weighted by atomic mass is 35.5. The van der Waals surface area contributed by atoms with Crippen molar-refractivity contribution in [3.05, 3.63) is 41.2 Å². The number of halogens is 2. The Bertz CT molecular complexity index is 617. The van der Waals surface area contributed by atoms with Crippen LogP contribution < -0.4 is 0 Å². The quantitative estimate of drug-likeness (QED) is 0.687. The smallest absolute Gasteiger partial charge is 0.357 e. The van der Waals surface area contributed by atoms with E-state index in [-0.39, 0.29) is 22.7 Å². The van der Waals surface area contributed by atoms with E-state index in [2.05, 4.69) is 16.5 Å². The van der Waals surface area contributed by atoms with Crippen LogP contribution in [0.15, 0.2) is 29.9 Å². The Hall–Kier alpha value is -2.08. The average Bonchev–Trinajstić information content (AvgIpc) is 2.87. The van der Waals surface area contributed by atoms with Crippen molar-refractivity contribution in [2.75, 3.05) is 7.11 Å². The first-order chi connectivity index (χ1) is 9.43. The molecule has 5 nitrogen and oxygen atoms in total. The van der Waals surface area contributed by atoms with E-state index in [1.54, 1.807) is 0 Å². The number of carbonyl (C=O) groups excluding carboxylic acids is 1. The summed E-state index contributed by atoms with van der Waals surface area (Å²) in [4.78, 5) is 16.8. The van der Waals surface area contributed by atoms with Gasteiger partial charge in [-0.2, -0.15) is 0 Å². The van der Waals surface area contributed by atoms with Crippen LogP contribution in [0.3, 0.4) is 0 Å². The summed E-state index contributed by atoms with van der Waals surface area (Å²) in [6.07, 6.45) is 1.29. The van der Waals surface area contributed by atoms with Gasteiger partial charge >= 0.3 is 5.97 Å². The Morgan fingerprint density at radius 1 is 1.70 bits per heavy atom. The first-order valence-corrected chi connectivity index (χ1v) is 5.97. The van der Waals surface area contributed by atoms with Gasteiger partial charge in [0.1, 0.15) is 0 Å². The van der Waals surface area contributed by atoms with Crippen LogP contribution in [-0.4, -0.2) is 29.5 Å². The van der Waals surface area contributed by atoms with Crippen LogP contribution in [0.25, 0.3) is 0 Å². The molecule has 0 aliphatic carbocycles. The minimum absolute atomic E-state index is 0.0218. The molecular formula is C13H11ClFNO4. The van der Waals surface area contributed by atoms with Crippen LogP contribution in [-0.2, 0) is 14.4 Å². The van der Waals surface area contributed by atoms with Gasteiger partial charge in [0.15, 0.2) is 11.6 Å². The summed E-state index contributed by atoms with van der Waals surface area (Å²) in [5, 5.41) is 13.2. The third-order valence-electron chi connectivity index (χ3n) is 2.96. The zero-order valence-electron chi connectivity index (χ0n) is 10.5. The second-order valence-electron chi connectivity index (χ2n) is 4.17. The number of esters is 1. The van der Waals surface area contributed by atoms with Gasteiger partial charge in [-0.25, -0.2) is 9.18 Å². The molecule has 1 aromatic carbocycles. The lowest BCUT2D eigenvalue weighted by Gasteiger charge is -2.18. The number of ether oxygens (including phenoxy) is 1. The summed E-state index contributed by atoms with van der Waals surface area (Å²) in [7, 11) is 1.21. The van der Waals surface area contributed by atoms with E-state index in [0.717, 1.165) is 12.1 Å². The number of oxime groups is 1. The van der Waals surface area contributed by atoms with Crippen molar-refractivity contribution in [3.8, 4) is 5.75 Å². The number of hydrogen-bond acceptors (Lipinski definition) is 5. The maximum absolute atomic E-state index is 13.2. The summed E-state index contributed by atoms with van der Waals surface area (Å²) >= 11 is 5.90. The van der Waals surface area contributed by atoms with E-state index in [0.29, 0.717) is 0 Å². The van der Waals surface area contributed by atoms with Gasteiger partial charge in [0.05, 0.1) is 24.3 Å². The second-order valence-corrected chi connectivity index (χ2v) is 4.58. The van der Waals surface area contributed by atoms with Crippen LogP contribution in [0.2, 0.25) is 5.02 Å². The molecule has 1 heterocycles. The number of aromatic hydroxyl groups is 1. The maximum Gasteiger partial charge on any atom is 0.357 e. The molecule has 20 heavy (non-hydrogen) atoms. The number of nitrogens with zero attached hydrogens (tertiary/aromatic N) is 1. The monoisotopic (exact) mass is 299 g/mol. The first-order valence-electron chi connectivity index (χ1n) is 5.59. The van der Waals surface area contributed by atoms with E-state index in [1.165, 1.54) is 13.2 Å². The topological polar surface area (TPSA) is 68.1 Å². The standard InChI is InChI=1S/C13H11ClFNO4/c1-3-13(12(18)19-2)6-10(16-20-13)7-4-11(17)9(15)5-8(7)14/h3-5,17H,1,6H2,2H3. The van der Waals surface area contributed by atoms with E-state index in [9.17, 15) is 14.3 Å². The van der Waals surface area contributed by atoms with Gasteiger partial charge in [0.25, 0.3) is 5.60 Å². The number of phenols is 1. The molecule has 0 fully saturated rings. The molecule has 0 saturated heterocycles. The second kappa shape index (κ2) is 5.13. The Labute approximate surface area is 119 Å². The molecule has 1 aliphatic rings. The van der Waals surface area contributed by atoms with Crippen LogP contribution in [0.1, 0.15) is 12.0 Å². The van der Waals surface area contributed by atoms with Crippen molar-refractivity contribution in [1.82, 2.24) is 0 Å². The molecule has 1 atom stereocenters. The molecule has 0 amide bonds. The van der Waals surface area contributed by atoms with Crippen LogP contribution in [0, 0.1) is 5.82 Å². The number of carbonyl (C=O) groups is 1. The molecule has 0 aromatic heterocycles. The van der Waals surface area contributed by atoms with Crippen molar-refractivity contribution < 1.29 is 23.9 Å².